The molecule has 0 aliphatic carbocycles. The van der Waals surface area contributed by atoms with E-state index in [-0.39, 0.29) is 50.1 Å². The molecule has 0 radical (unpaired) electrons. The van der Waals surface area contributed by atoms with Crippen molar-refractivity contribution in [3.63, 3.8) is 0 Å². The Hall–Kier alpha value is -3.03. The van der Waals surface area contributed by atoms with Crippen molar-refractivity contribution in [1.82, 2.24) is 19.5 Å². The van der Waals surface area contributed by atoms with E-state index in [1.807, 2.05) is 0 Å². The molecule has 26 heavy (non-hydrogen) atoms. The highest BCUT2D eigenvalue weighted by Gasteiger charge is 2.17. The number of hydrogen-bond acceptors (Lipinski definition) is 11. The lowest BCUT2D eigenvalue weighted by Gasteiger charge is -2.17. The Morgan fingerprint density at radius 3 is 2.65 bits per heavy atom. The topological polar surface area (TPSA) is 203 Å². The molecular formula is C13H19N7O6. The number of carbonyl (C=O) groups is 2. The number of ether oxygens (including phenoxy) is 3. The molecule has 0 aliphatic rings. The standard InChI is InChI=1S/C13H19N7O6/c14-1-8(21)25-4-7(26-9(22)2-15)3-24-6-20-5-17-10-11(20)18-13(16)19-12(10)23/h5,7H,1-4,6,14-15H2,(H3,16,18,19,23)/t7-/m0/s1. The SMILES string of the molecule is NCC(=O)OC[C@H](COCn1cnc2c(=O)[nH]c(N)nc21)OC(=O)CN. The van der Waals surface area contributed by atoms with Crippen LogP contribution in [-0.2, 0) is 30.5 Å². The van der Waals surface area contributed by atoms with E-state index in [0.717, 1.165) is 0 Å². The number of nitrogens with one attached hydrogen (secondary N) is 1. The number of nitrogen functional groups attached to an aromatic ring is 1. The van der Waals surface area contributed by atoms with Gasteiger partial charge in [0.05, 0.1) is 26.0 Å². The van der Waals surface area contributed by atoms with Gasteiger partial charge in [-0.3, -0.25) is 23.9 Å². The smallest absolute Gasteiger partial charge is 0.320 e. The molecule has 0 amide bonds. The Morgan fingerprint density at radius 1 is 1.23 bits per heavy atom. The largest absolute Gasteiger partial charge is 0.461 e. The van der Waals surface area contributed by atoms with Gasteiger partial charge in [0.15, 0.2) is 17.3 Å². The van der Waals surface area contributed by atoms with Crippen LogP contribution >= 0.6 is 0 Å². The van der Waals surface area contributed by atoms with Crippen molar-refractivity contribution in [2.75, 3.05) is 32.0 Å². The number of hydrogen-bond donors (Lipinski definition) is 4. The number of carbonyl (C=O) groups excluding carboxylic acids is 2. The van der Waals surface area contributed by atoms with E-state index in [9.17, 15) is 14.4 Å². The van der Waals surface area contributed by atoms with Crippen LogP contribution in [0, 0.1) is 0 Å². The fraction of sp³-hybridized carbons (Fsp3) is 0.462. The zero-order valence-corrected chi connectivity index (χ0v) is 13.7. The molecule has 0 aliphatic heterocycles. The minimum absolute atomic E-state index is 0.0616. The third-order valence-corrected chi connectivity index (χ3v) is 3.09. The van der Waals surface area contributed by atoms with Gasteiger partial charge in [-0.25, -0.2) is 4.98 Å². The van der Waals surface area contributed by atoms with Gasteiger partial charge in [0.1, 0.15) is 13.3 Å². The lowest BCUT2D eigenvalue weighted by molar-refractivity contribution is -0.161. The highest BCUT2D eigenvalue weighted by Crippen LogP contribution is 2.07. The Labute approximate surface area is 146 Å². The highest BCUT2D eigenvalue weighted by molar-refractivity contribution is 5.72. The summed E-state index contributed by atoms with van der Waals surface area (Å²) in [7, 11) is 0. The number of esters is 2. The van der Waals surface area contributed by atoms with Gasteiger partial charge in [0.2, 0.25) is 5.95 Å². The first-order chi connectivity index (χ1) is 12.4. The Balaban J connectivity index is 1.98. The summed E-state index contributed by atoms with van der Waals surface area (Å²) < 4.78 is 16.7. The molecule has 0 unspecified atom stereocenters. The summed E-state index contributed by atoms with van der Waals surface area (Å²) in [5.74, 6) is -1.40. The number of nitrogens with two attached hydrogens (primary N) is 3. The molecule has 0 aromatic carbocycles. The summed E-state index contributed by atoms with van der Waals surface area (Å²) in [5.41, 5.74) is 15.7. The first-order valence-electron chi connectivity index (χ1n) is 7.48. The summed E-state index contributed by atoms with van der Waals surface area (Å²) in [6.45, 7) is -1.05. The molecule has 2 heterocycles. The summed E-state index contributed by atoms with van der Waals surface area (Å²) in [4.78, 5) is 44.4. The molecule has 0 saturated heterocycles. The van der Waals surface area contributed by atoms with Crippen molar-refractivity contribution < 1.29 is 23.8 Å². The summed E-state index contributed by atoms with van der Waals surface area (Å²) in [5, 5.41) is 0. The fourth-order valence-corrected chi connectivity index (χ4v) is 1.94. The molecule has 7 N–H and O–H groups in total. The van der Waals surface area contributed by atoms with Crippen molar-refractivity contribution in [2.45, 2.75) is 12.8 Å². The maximum absolute atomic E-state index is 11.7. The number of anilines is 1. The molecular weight excluding hydrogens is 350 g/mol. The van der Waals surface area contributed by atoms with Gasteiger partial charge in [0.25, 0.3) is 5.56 Å². The van der Waals surface area contributed by atoms with E-state index in [1.54, 1.807) is 0 Å². The number of fused-ring (bicyclic) bond motifs is 1. The molecule has 0 saturated carbocycles. The zero-order chi connectivity index (χ0) is 19.1. The zero-order valence-electron chi connectivity index (χ0n) is 13.7. The molecule has 0 spiro atoms. The molecule has 2 rings (SSSR count). The molecule has 2 aromatic heterocycles. The second-order valence-corrected chi connectivity index (χ2v) is 5.04. The van der Waals surface area contributed by atoms with Crippen LogP contribution in [0.5, 0.6) is 0 Å². The van der Waals surface area contributed by atoms with Gasteiger partial charge in [-0.15, -0.1) is 0 Å². The van der Waals surface area contributed by atoms with Gasteiger partial charge < -0.3 is 31.4 Å². The number of aromatic nitrogens is 4. The Kier molecular flexibility index (Phi) is 6.60. The van der Waals surface area contributed by atoms with Gasteiger partial charge in [-0.2, -0.15) is 4.98 Å². The third-order valence-electron chi connectivity index (χ3n) is 3.09. The van der Waals surface area contributed by atoms with E-state index in [2.05, 4.69) is 15.0 Å². The predicted octanol–water partition coefficient (Wildman–Crippen LogP) is -2.95. The first-order valence-corrected chi connectivity index (χ1v) is 7.48. The quantitative estimate of drug-likeness (QED) is 0.329. The lowest BCUT2D eigenvalue weighted by Crippen LogP contribution is -2.33. The van der Waals surface area contributed by atoms with Crippen LogP contribution in [0.15, 0.2) is 11.1 Å². The molecule has 13 nitrogen and oxygen atoms in total. The number of imidazole rings is 1. The minimum atomic E-state index is -0.877. The normalized spacial score (nSPS) is 12.1. The minimum Gasteiger partial charge on any atom is -0.461 e. The third kappa shape index (κ3) is 4.98. The average molecular weight is 369 g/mol. The van der Waals surface area contributed by atoms with Crippen molar-refractivity contribution in [1.29, 1.82) is 0 Å². The van der Waals surface area contributed by atoms with Crippen molar-refractivity contribution >= 4 is 29.1 Å². The number of nitrogens with zero attached hydrogens (tertiary/aromatic N) is 3. The maximum atomic E-state index is 11.7. The van der Waals surface area contributed by atoms with Crippen LogP contribution in [-0.4, -0.2) is 63.9 Å². The monoisotopic (exact) mass is 369 g/mol. The lowest BCUT2D eigenvalue weighted by atomic mass is 10.4. The van der Waals surface area contributed by atoms with Crippen molar-refractivity contribution in [2.24, 2.45) is 11.5 Å². The van der Waals surface area contributed by atoms with E-state index in [1.165, 1.54) is 10.9 Å². The van der Waals surface area contributed by atoms with E-state index < -0.39 is 23.6 Å². The van der Waals surface area contributed by atoms with Crippen LogP contribution in [0.25, 0.3) is 11.2 Å². The van der Waals surface area contributed by atoms with Gasteiger partial charge in [0, 0.05) is 0 Å². The Morgan fingerprint density at radius 2 is 1.96 bits per heavy atom. The molecule has 0 bridgehead atoms. The molecule has 13 heteroatoms. The van der Waals surface area contributed by atoms with Crippen LogP contribution in [0.3, 0.4) is 0 Å². The molecule has 142 valence electrons. The molecule has 0 fully saturated rings. The predicted molar refractivity (Wildman–Crippen MR) is 87.5 cm³/mol. The van der Waals surface area contributed by atoms with Crippen molar-refractivity contribution in [3.05, 3.63) is 16.7 Å². The highest BCUT2D eigenvalue weighted by atomic mass is 16.6. The van der Waals surface area contributed by atoms with E-state index in [0.29, 0.717) is 0 Å². The van der Waals surface area contributed by atoms with Gasteiger partial charge in [-0.05, 0) is 0 Å². The number of aromatic amines is 1. The molecule has 2 aromatic rings. The van der Waals surface area contributed by atoms with Crippen LogP contribution in [0.4, 0.5) is 5.95 Å². The van der Waals surface area contributed by atoms with E-state index in [4.69, 9.17) is 31.4 Å². The maximum Gasteiger partial charge on any atom is 0.320 e. The second kappa shape index (κ2) is 8.89. The van der Waals surface area contributed by atoms with Crippen LogP contribution in [0.2, 0.25) is 0 Å². The fourth-order valence-electron chi connectivity index (χ4n) is 1.94. The number of rotatable bonds is 9. The van der Waals surface area contributed by atoms with Crippen LogP contribution < -0.4 is 22.8 Å². The number of H-pyrrole nitrogens is 1. The molecule has 1 atom stereocenters. The summed E-state index contributed by atoms with van der Waals surface area (Å²) in [6.07, 6.45) is 0.472. The van der Waals surface area contributed by atoms with E-state index >= 15 is 0 Å². The van der Waals surface area contributed by atoms with Gasteiger partial charge >= 0.3 is 11.9 Å². The summed E-state index contributed by atoms with van der Waals surface area (Å²) in [6, 6.07) is 0. The Bertz CT molecular complexity index is 832. The average Bonchev–Trinajstić information content (AvgIpc) is 3.02. The van der Waals surface area contributed by atoms with Gasteiger partial charge in [-0.1, -0.05) is 0 Å². The first kappa shape index (κ1) is 19.3. The van der Waals surface area contributed by atoms with Crippen molar-refractivity contribution in [3.8, 4) is 0 Å². The second-order valence-electron chi connectivity index (χ2n) is 5.04. The van der Waals surface area contributed by atoms with Crippen LogP contribution in [0.1, 0.15) is 0 Å². The summed E-state index contributed by atoms with van der Waals surface area (Å²) >= 11 is 0.